The number of tetrazole rings is 1. The molecule has 0 bridgehead atoms. The van der Waals surface area contributed by atoms with Crippen LogP contribution >= 0.6 is 0 Å². The highest BCUT2D eigenvalue weighted by Crippen LogP contribution is 2.26. The second kappa shape index (κ2) is 11.9. The van der Waals surface area contributed by atoms with Gasteiger partial charge >= 0.3 is 0 Å². The molecule has 0 saturated carbocycles. The number of hydrogen-bond donors (Lipinski definition) is 2. The number of nitrogens with zero attached hydrogens (tertiary/aromatic N) is 5. The molecule has 1 atom stereocenters. The summed E-state index contributed by atoms with van der Waals surface area (Å²) in [5.41, 5.74) is 3.77. The van der Waals surface area contributed by atoms with Gasteiger partial charge in [0, 0.05) is 31.8 Å². The van der Waals surface area contributed by atoms with E-state index < -0.39 is 0 Å². The van der Waals surface area contributed by atoms with Crippen LogP contribution in [0.15, 0.2) is 59.4 Å². The number of fused-ring (bicyclic) bond motifs is 1. The van der Waals surface area contributed by atoms with E-state index in [2.05, 4.69) is 44.5 Å². The van der Waals surface area contributed by atoms with Crippen LogP contribution in [-0.2, 0) is 19.5 Å². The van der Waals surface area contributed by atoms with Gasteiger partial charge in [-0.2, -0.15) is 0 Å². The number of aliphatic hydroxyl groups excluding tert-OH is 1. The van der Waals surface area contributed by atoms with Gasteiger partial charge in [0.1, 0.15) is 0 Å². The number of aromatic amines is 1. The molecule has 2 aromatic carbocycles. The Morgan fingerprint density at radius 2 is 1.97 bits per heavy atom. The first-order valence-electron chi connectivity index (χ1n) is 12.4. The number of H-pyrrole nitrogens is 1. The van der Waals surface area contributed by atoms with Crippen molar-refractivity contribution in [3.63, 3.8) is 0 Å². The molecule has 2 aromatic heterocycles. The van der Waals surface area contributed by atoms with Gasteiger partial charge in [0.05, 0.1) is 11.6 Å². The summed E-state index contributed by atoms with van der Waals surface area (Å²) in [6.45, 7) is 5.99. The van der Waals surface area contributed by atoms with Crippen molar-refractivity contribution >= 4 is 10.9 Å². The highest BCUT2D eigenvalue weighted by Gasteiger charge is 2.26. The van der Waals surface area contributed by atoms with Crippen LogP contribution in [0.4, 0.5) is 0 Å². The van der Waals surface area contributed by atoms with Gasteiger partial charge in [-0.25, -0.2) is 4.68 Å². The molecular formula is C27H34N6O2. The number of rotatable bonds is 12. The molecule has 4 rings (SSSR count). The average Bonchev–Trinajstić information content (AvgIpc) is 3.34. The molecule has 8 heteroatoms. The highest BCUT2D eigenvalue weighted by molar-refractivity contribution is 5.81. The summed E-state index contributed by atoms with van der Waals surface area (Å²) in [6.07, 6.45) is 3.23. The third-order valence-corrected chi connectivity index (χ3v) is 6.46. The number of benzene rings is 2. The summed E-state index contributed by atoms with van der Waals surface area (Å²) >= 11 is 0. The quantitative estimate of drug-likeness (QED) is 0.324. The lowest BCUT2D eigenvalue weighted by Gasteiger charge is -2.30. The standard InChI is InChI=1S/C27H34N6O2/c1-3-9-24(26-29-30-31-33(26)16-14-21-11-5-4-6-12-21)32(15-8-17-34)19-23-18-22-13-7-10-20(2)25(22)28-27(23)35/h4-7,10-13,18,24,34H,3,8-9,14-17,19H2,1-2H3,(H,28,35)/t24-/m1/s1. The summed E-state index contributed by atoms with van der Waals surface area (Å²) < 4.78 is 1.88. The van der Waals surface area contributed by atoms with Crippen molar-refractivity contribution in [2.24, 2.45) is 0 Å². The molecule has 0 fully saturated rings. The number of aryl methyl sites for hydroxylation is 3. The van der Waals surface area contributed by atoms with Crippen LogP contribution in [0.5, 0.6) is 0 Å². The second-order valence-corrected chi connectivity index (χ2v) is 9.01. The zero-order valence-electron chi connectivity index (χ0n) is 20.5. The van der Waals surface area contributed by atoms with Crippen LogP contribution in [0.2, 0.25) is 0 Å². The van der Waals surface area contributed by atoms with Crippen LogP contribution < -0.4 is 5.56 Å². The van der Waals surface area contributed by atoms with E-state index in [0.29, 0.717) is 31.6 Å². The predicted octanol–water partition coefficient (Wildman–Crippen LogP) is 3.79. The van der Waals surface area contributed by atoms with Gasteiger partial charge < -0.3 is 10.1 Å². The predicted molar refractivity (Wildman–Crippen MR) is 137 cm³/mol. The van der Waals surface area contributed by atoms with E-state index in [-0.39, 0.29) is 18.2 Å². The number of nitrogens with one attached hydrogen (secondary N) is 1. The Morgan fingerprint density at radius 3 is 2.74 bits per heavy atom. The van der Waals surface area contributed by atoms with Crippen molar-refractivity contribution in [3.05, 3.63) is 87.5 Å². The first-order chi connectivity index (χ1) is 17.1. The Hall–Kier alpha value is -3.36. The van der Waals surface area contributed by atoms with Gasteiger partial charge in [-0.1, -0.05) is 61.9 Å². The Bertz CT molecular complexity index is 1280. The van der Waals surface area contributed by atoms with E-state index in [4.69, 9.17) is 0 Å². The number of hydrogen-bond acceptors (Lipinski definition) is 6. The van der Waals surface area contributed by atoms with E-state index in [1.807, 2.05) is 54.1 Å². The Kier molecular flexibility index (Phi) is 8.39. The molecule has 0 spiro atoms. The van der Waals surface area contributed by atoms with Crippen molar-refractivity contribution in [1.29, 1.82) is 0 Å². The highest BCUT2D eigenvalue weighted by atomic mass is 16.3. The lowest BCUT2D eigenvalue weighted by molar-refractivity contribution is 0.147. The van der Waals surface area contributed by atoms with Crippen molar-refractivity contribution < 1.29 is 5.11 Å². The molecule has 0 amide bonds. The molecule has 8 nitrogen and oxygen atoms in total. The molecule has 0 radical (unpaired) electrons. The maximum absolute atomic E-state index is 13.0. The first kappa shape index (κ1) is 24.8. The zero-order chi connectivity index (χ0) is 24.6. The molecular weight excluding hydrogens is 440 g/mol. The Labute approximate surface area is 205 Å². The number of para-hydroxylation sites is 1. The third-order valence-electron chi connectivity index (χ3n) is 6.46. The molecule has 184 valence electrons. The van der Waals surface area contributed by atoms with E-state index in [0.717, 1.165) is 41.6 Å². The number of aliphatic hydroxyl groups is 1. The summed E-state index contributed by atoms with van der Waals surface area (Å²) in [5.74, 6) is 0.800. The SMILES string of the molecule is CCC[C@H](c1nnnn1CCc1ccccc1)N(CCCO)Cc1cc2cccc(C)c2[nH]c1=O. The molecule has 0 aliphatic heterocycles. The zero-order valence-corrected chi connectivity index (χ0v) is 20.5. The maximum atomic E-state index is 13.0. The van der Waals surface area contributed by atoms with Crippen LogP contribution in [0.25, 0.3) is 10.9 Å². The van der Waals surface area contributed by atoms with E-state index >= 15 is 0 Å². The minimum Gasteiger partial charge on any atom is -0.396 e. The second-order valence-electron chi connectivity index (χ2n) is 9.01. The lowest BCUT2D eigenvalue weighted by Crippen LogP contribution is -2.34. The van der Waals surface area contributed by atoms with Crippen molar-refractivity contribution in [2.45, 2.75) is 58.7 Å². The topological polar surface area (TPSA) is 99.9 Å². The fourth-order valence-corrected chi connectivity index (χ4v) is 4.62. The van der Waals surface area contributed by atoms with E-state index in [1.54, 1.807) is 0 Å². The molecule has 4 aromatic rings. The van der Waals surface area contributed by atoms with Crippen LogP contribution in [-0.4, -0.2) is 48.3 Å². The van der Waals surface area contributed by atoms with Crippen LogP contribution in [0.1, 0.15) is 54.7 Å². The molecule has 0 unspecified atom stereocenters. The first-order valence-corrected chi connectivity index (χ1v) is 12.4. The smallest absolute Gasteiger partial charge is 0.252 e. The normalized spacial score (nSPS) is 12.5. The van der Waals surface area contributed by atoms with Gasteiger partial charge in [-0.15, -0.1) is 5.10 Å². The van der Waals surface area contributed by atoms with Crippen molar-refractivity contribution in [1.82, 2.24) is 30.1 Å². The largest absolute Gasteiger partial charge is 0.396 e. The van der Waals surface area contributed by atoms with Gasteiger partial charge in [-0.3, -0.25) is 9.69 Å². The summed E-state index contributed by atoms with van der Waals surface area (Å²) in [7, 11) is 0. The minimum absolute atomic E-state index is 0.0649. The molecule has 0 saturated heterocycles. The van der Waals surface area contributed by atoms with Gasteiger partial charge in [0.25, 0.3) is 5.56 Å². The summed E-state index contributed by atoms with van der Waals surface area (Å²) in [6, 6.07) is 18.2. The molecule has 2 N–H and O–H groups in total. The van der Waals surface area contributed by atoms with Crippen molar-refractivity contribution in [2.75, 3.05) is 13.2 Å². The maximum Gasteiger partial charge on any atom is 0.252 e. The van der Waals surface area contributed by atoms with Crippen molar-refractivity contribution in [3.8, 4) is 0 Å². The van der Waals surface area contributed by atoms with Crippen LogP contribution in [0, 0.1) is 6.92 Å². The van der Waals surface area contributed by atoms with Crippen LogP contribution in [0.3, 0.4) is 0 Å². The number of aromatic nitrogens is 5. The molecule has 2 heterocycles. The average molecular weight is 475 g/mol. The Balaban J connectivity index is 1.63. The van der Waals surface area contributed by atoms with Gasteiger partial charge in [0.2, 0.25) is 0 Å². The van der Waals surface area contributed by atoms with E-state index in [9.17, 15) is 9.90 Å². The Morgan fingerprint density at radius 1 is 1.14 bits per heavy atom. The molecule has 0 aliphatic rings. The van der Waals surface area contributed by atoms with Gasteiger partial charge in [-0.05, 0) is 59.2 Å². The minimum atomic E-state index is -0.0836. The molecule has 35 heavy (non-hydrogen) atoms. The fraction of sp³-hybridized carbons (Fsp3) is 0.407. The van der Waals surface area contributed by atoms with Gasteiger partial charge in [0.15, 0.2) is 5.82 Å². The summed E-state index contributed by atoms with van der Waals surface area (Å²) in [5, 5.41) is 23.3. The molecule has 0 aliphatic carbocycles. The monoisotopic (exact) mass is 474 g/mol. The van der Waals surface area contributed by atoms with E-state index in [1.165, 1.54) is 5.56 Å². The fourth-order valence-electron chi connectivity index (χ4n) is 4.62. The summed E-state index contributed by atoms with van der Waals surface area (Å²) in [4.78, 5) is 18.3. The lowest BCUT2D eigenvalue weighted by atomic mass is 10.1. The third kappa shape index (κ3) is 6.01. The number of pyridine rings is 1.